The molecule has 1 aromatic heterocycles. The monoisotopic (exact) mass is 435 g/mol. The van der Waals surface area contributed by atoms with E-state index in [4.69, 9.17) is 14.1 Å². The number of aromatic nitrogens is 1. The molecule has 0 bridgehead atoms. The molecule has 0 spiro atoms. The normalized spacial score (nSPS) is 12.2. The maximum Gasteiger partial charge on any atom is 0.226 e. The average molecular weight is 436 g/mol. The fourth-order valence-corrected chi connectivity index (χ4v) is 3.77. The molecule has 0 atom stereocenters. The summed E-state index contributed by atoms with van der Waals surface area (Å²) in [6, 6.07) is 12.3. The number of phenols is 1. The van der Waals surface area contributed by atoms with Gasteiger partial charge in [0.1, 0.15) is 17.8 Å². The second kappa shape index (κ2) is 9.40. The van der Waals surface area contributed by atoms with E-state index in [1.165, 1.54) is 5.56 Å². The summed E-state index contributed by atoms with van der Waals surface area (Å²) in [5.74, 6) is 1.80. The van der Waals surface area contributed by atoms with Crippen LogP contribution < -0.4 is 4.74 Å². The van der Waals surface area contributed by atoms with E-state index >= 15 is 0 Å². The van der Waals surface area contributed by atoms with E-state index < -0.39 is 0 Å². The quantitative estimate of drug-likeness (QED) is 0.426. The predicted molar refractivity (Wildman–Crippen MR) is 131 cm³/mol. The van der Waals surface area contributed by atoms with Crippen LogP contribution in [0.1, 0.15) is 77.3 Å². The van der Waals surface area contributed by atoms with Crippen LogP contribution in [0.2, 0.25) is 0 Å². The molecule has 0 radical (unpaired) electrons. The number of oxazole rings is 1. The van der Waals surface area contributed by atoms with Crippen LogP contribution in [0.3, 0.4) is 0 Å². The summed E-state index contributed by atoms with van der Waals surface area (Å²) in [6.45, 7) is 15.3. The summed E-state index contributed by atoms with van der Waals surface area (Å²) in [6.07, 6.45) is 4.59. The van der Waals surface area contributed by atoms with Crippen LogP contribution in [0.25, 0.3) is 11.5 Å². The first-order valence-electron chi connectivity index (χ1n) is 11.5. The lowest BCUT2D eigenvalue weighted by Crippen LogP contribution is -2.17. The zero-order valence-electron chi connectivity index (χ0n) is 20.6. The maximum atomic E-state index is 10.9. The predicted octanol–water partition coefficient (Wildman–Crippen LogP) is 7.22. The van der Waals surface area contributed by atoms with Crippen molar-refractivity contribution in [3.8, 4) is 23.0 Å². The summed E-state index contributed by atoms with van der Waals surface area (Å²) in [5, 5.41) is 10.9. The summed E-state index contributed by atoms with van der Waals surface area (Å²) in [5.41, 5.74) is 4.47. The highest BCUT2D eigenvalue weighted by molar-refractivity contribution is 5.63. The molecule has 0 unspecified atom stereocenters. The minimum Gasteiger partial charge on any atom is -0.507 e. The van der Waals surface area contributed by atoms with Gasteiger partial charge in [-0.25, -0.2) is 4.98 Å². The van der Waals surface area contributed by atoms with Crippen molar-refractivity contribution in [3.63, 3.8) is 0 Å². The molecular formula is C28H37NO3. The van der Waals surface area contributed by atoms with E-state index in [2.05, 4.69) is 60.6 Å². The third-order valence-corrected chi connectivity index (χ3v) is 5.61. The molecule has 2 aromatic carbocycles. The topological polar surface area (TPSA) is 55.5 Å². The highest BCUT2D eigenvalue weighted by atomic mass is 16.5. The Hall–Kier alpha value is -2.75. The Morgan fingerprint density at radius 3 is 2.03 bits per heavy atom. The molecule has 0 saturated heterocycles. The van der Waals surface area contributed by atoms with Crippen LogP contribution in [0.4, 0.5) is 0 Å². The van der Waals surface area contributed by atoms with Crippen molar-refractivity contribution in [2.45, 2.75) is 78.6 Å². The second-order valence-corrected chi connectivity index (χ2v) is 10.6. The molecule has 1 N–H and O–H groups in total. The molecule has 0 amide bonds. The summed E-state index contributed by atoms with van der Waals surface area (Å²) >= 11 is 0. The van der Waals surface area contributed by atoms with Crippen molar-refractivity contribution in [2.75, 3.05) is 6.61 Å². The number of phenolic OH excluding ortho intramolecular Hbond substituents is 1. The van der Waals surface area contributed by atoms with Crippen LogP contribution in [0, 0.1) is 0 Å². The third kappa shape index (κ3) is 5.73. The molecule has 0 aliphatic heterocycles. The van der Waals surface area contributed by atoms with E-state index in [0.29, 0.717) is 24.7 Å². The summed E-state index contributed by atoms with van der Waals surface area (Å²) in [7, 11) is 0. The second-order valence-electron chi connectivity index (χ2n) is 10.6. The fraction of sp³-hybridized carbons (Fsp3) is 0.464. The molecule has 172 valence electrons. The van der Waals surface area contributed by atoms with Crippen molar-refractivity contribution in [2.24, 2.45) is 0 Å². The van der Waals surface area contributed by atoms with E-state index in [1.54, 1.807) is 6.26 Å². The van der Waals surface area contributed by atoms with Gasteiger partial charge in [-0.15, -0.1) is 0 Å². The minimum absolute atomic E-state index is 0.198. The Morgan fingerprint density at radius 2 is 1.50 bits per heavy atom. The lowest BCUT2D eigenvalue weighted by Gasteiger charge is -2.27. The van der Waals surface area contributed by atoms with Crippen LogP contribution in [0.5, 0.6) is 11.5 Å². The minimum atomic E-state index is -0.198. The van der Waals surface area contributed by atoms with Gasteiger partial charge in [0.15, 0.2) is 0 Å². The van der Waals surface area contributed by atoms with Crippen molar-refractivity contribution >= 4 is 0 Å². The molecule has 32 heavy (non-hydrogen) atoms. The van der Waals surface area contributed by atoms with Gasteiger partial charge in [0, 0.05) is 23.1 Å². The Morgan fingerprint density at radius 1 is 0.906 bits per heavy atom. The van der Waals surface area contributed by atoms with Crippen molar-refractivity contribution in [1.29, 1.82) is 0 Å². The molecule has 0 saturated carbocycles. The first kappa shape index (κ1) is 23.9. The largest absolute Gasteiger partial charge is 0.507 e. The van der Waals surface area contributed by atoms with Crippen molar-refractivity contribution in [1.82, 2.24) is 4.98 Å². The smallest absolute Gasteiger partial charge is 0.226 e. The van der Waals surface area contributed by atoms with Crippen LogP contribution in [0.15, 0.2) is 47.1 Å². The van der Waals surface area contributed by atoms with Gasteiger partial charge >= 0.3 is 0 Å². The van der Waals surface area contributed by atoms with Gasteiger partial charge in [0.05, 0.1) is 12.3 Å². The third-order valence-electron chi connectivity index (χ3n) is 5.61. The lowest BCUT2D eigenvalue weighted by atomic mass is 9.78. The first-order chi connectivity index (χ1) is 15.0. The zero-order chi connectivity index (χ0) is 23.5. The van der Waals surface area contributed by atoms with Crippen molar-refractivity contribution in [3.05, 3.63) is 65.0 Å². The van der Waals surface area contributed by atoms with Gasteiger partial charge < -0.3 is 14.3 Å². The van der Waals surface area contributed by atoms with E-state index in [0.717, 1.165) is 41.0 Å². The Bertz CT molecular complexity index is 999. The number of ether oxygens (including phenoxy) is 1. The van der Waals surface area contributed by atoms with Gasteiger partial charge in [-0.2, -0.15) is 0 Å². The number of benzene rings is 2. The first-order valence-corrected chi connectivity index (χ1v) is 11.5. The van der Waals surface area contributed by atoms with Crippen LogP contribution >= 0.6 is 0 Å². The number of aryl methyl sites for hydroxylation is 1. The van der Waals surface area contributed by atoms with Gasteiger partial charge in [-0.3, -0.25) is 0 Å². The van der Waals surface area contributed by atoms with E-state index in [1.807, 2.05) is 24.3 Å². The van der Waals surface area contributed by atoms with Gasteiger partial charge in [0.25, 0.3) is 0 Å². The Balaban J connectivity index is 1.76. The van der Waals surface area contributed by atoms with Crippen molar-refractivity contribution < 1.29 is 14.3 Å². The molecule has 4 nitrogen and oxygen atoms in total. The van der Waals surface area contributed by atoms with Gasteiger partial charge in [-0.1, -0.05) is 67.0 Å². The van der Waals surface area contributed by atoms with Crippen LogP contribution in [-0.4, -0.2) is 16.7 Å². The molecule has 3 aromatic rings. The number of rotatable bonds is 7. The standard InChI is InChI=1S/C28H37NO3/c1-8-9-19-10-12-22(13-11-19)31-15-14-21-18-32-26(29-21)20-16-23(27(2,3)4)25(30)24(17-20)28(5,6)7/h10-13,16-18,30H,8-9,14-15H2,1-7H3. The molecule has 3 rings (SSSR count). The number of hydrogen-bond acceptors (Lipinski definition) is 4. The Kier molecular flexibility index (Phi) is 7.02. The molecule has 1 heterocycles. The highest BCUT2D eigenvalue weighted by Gasteiger charge is 2.27. The van der Waals surface area contributed by atoms with Gasteiger partial charge in [-0.05, 0) is 47.1 Å². The molecular weight excluding hydrogens is 398 g/mol. The number of hydrogen-bond donors (Lipinski definition) is 1. The summed E-state index contributed by atoms with van der Waals surface area (Å²) in [4.78, 5) is 4.70. The highest BCUT2D eigenvalue weighted by Crippen LogP contribution is 2.41. The average Bonchev–Trinajstić information content (AvgIpc) is 3.17. The fourth-order valence-electron chi connectivity index (χ4n) is 3.77. The SMILES string of the molecule is CCCc1ccc(OCCc2coc(-c3cc(C(C)(C)C)c(O)c(C(C)(C)C)c3)n2)cc1. The molecule has 0 aliphatic rings. The van der Waals surface area contributed by atoms with E-state index in [9.17, 15) is 5.11 Å². The zero-order valence-corrected chi connectivity index (χ0v) is 20.6. The Labute approximate surface area is 192 Å². The lowest BCUT2D eigenvalue weighted by molar-refractivity contribution is 0.320. The molecule has 0 fully saturated rings. The number of aromatic hydroxyl groups is 1. The molecule has 4 heteroatoms. The summed E-state index contributed by atoms with van der Waals surface area (Å²) < 4.78 is 11.7. The molecule has 0 aliphatic carbocycles. The van der Waals surface area contributed by atoms with Gasteiger partial charge in [0.2, 0.25) is 5.89 Å². The van der Waals surface area contributed by atoms with Crippen LogP contribution in [-0.2, 0) is 23.7 Å². The van der Waals surface area contributed by atoms with E-state index in [-0.39, 0.29) is 10.8 Å². The maximum absolute atomic E-state index is 10.9. The number of nitrogens with zero attached hydrogens (tertiary/aromatic N) is 1.